The predicted octanol–water partition coefficient (Wildman–Crippen LogP) is 3.20. The van der Waals surface area contributed by atoms with Crippen LogP contribution in [0.5, 0.6) is 0 Å². The molecule has 1 N–H and O–H groups in total. The van der Waals surface area contributed by atoms with Gasteiger partial charge in [0.2, 0.25) is 0 Å². The first-order chi connectivity index (χ1) is 12.1. The summed E-state index contributed by atoms with van der Waals surface area (Å²) in [4.78, 5) is 25.2. The first kappa shape index (κ1) is 17.2. The van der Waals surface area contributed by atoms with Crippen molar-refractivity contribution >= 4 is 29.1 Å². The summed E-state index contributed by atoms with van der Waals surface area (Å²) in [6.45, 7) is 1.95. The average molecular weight is 357 g/mol. The second-order valence-electron chi connectivity index (χ2n) is 5.55. The summed E-state index contributed by atoms with van der Waals surface area (Å²) in [5, 5.41) is 4.57. The monoisotopic (exact) mass is 356 g/mol. The molecule has 0 fully saturated rings. The van der Waals surface area contributed by atoms with Crippen LogP contribution in [0.2, 0.25) is 5.02 Å². The molecule has 0 radical (unpaired) electrons. The molecule has 25 heavy (non-hydrogen) atoms. The van der Waals surface area contributed by atoms with E-state index in [2.05, 4.69) is 10.5 Å². The predicted molar refractivity (Wildman–Crippen MR) is 96.0 cm³/mol. The fraction of sp³-hybridized carbons (Fsp3) is 0.211. The highest BCUT2D eigenvalue weighted by molar-refractivity contribution is 6.41. The average Bonchev–Trinajstić information content (AvgIpc) is 3.07. The number of esters is 1. The maximum Gasteiger partial charge on any atom is 0.355 e. The van der Waals surface area contributed by atoms with Gasteiger partial charge in [0.15, 0.2) is 11.5 Å². The van der Waals surface area contributed by atoms with E-state index in [-0.39, 0.29) is 18.1 Å². The van der Waals surface area contributed by atoms with Gasteiger partial charge in [0.05, 0.1) is 12.5 Å². The Kier molecular flexibility index (Phi) is 5.14. The second-order valence-corrected chi connectivity index (χ2v) is 5.96. The lowest BCUT2D eigenvalue weighted by Crippen LogP contribution is -2.38. The molecule has 0 bridgehead atoms. The summed E-state index contributed by atoms with van der Waals surface area (Å²) in [6.07, 6.45) is 0. The van der Waals surface area contributed by atoms with E-state index in [9.17, 15) is 9.59 Å². The Labute approximate surface area is 150 Å². The van der Waals surface area contributed by atoms with Gasteiger partial charge >= 0.3 is 5.97 Å². The highest BCUT2D eigenvalue weighted by atomic mass is 35.5. The Morgan fingerprint density at radius 1 is 1.12 bits per heavy atom. The molecule has 1 heterocycles. The molecule has 2 aromatic rings. The molecular weight excluding hydrogens is 340 g/mol. The number of ether oxygens (including phenoxy) is 1. The van der Waals surface area contributed by atoms with Crippen LogP contribution in [0, 0.1) is 0 Å². The van der Waals surface area contributed by atoms with Crippen LogP contribution in [0.25, 0.3) is 0 Å². The van der Waals surface area contributed by atoms with Crippen molar-refractivity contribution in [3.8, 4) is 0 Å². The number of hydrogen-bond acceptors (Lipinski definition) is 5. The van der Waals surface area contributed by atoms with Crippen LogP contribution in [0.15, 0.2) is 59.7 Å². The normalized spacial score (nSPS) is 19.0. The number of nitrogens with one attached hydrogen (secondary N) is 1. The van der Waals surface area contributed by atoms with Crippen molar-refractivity contribution in [3.63, 3.8) is 0 Å². The molecular formula is C19H17ClN2O3. The van der Waals surface area contributed by atoms with Gasteiger partial charge < -0.3 is 4.74 Å². The Morgan fingerprint density at radius 3 is 2.48 bits per heavy atom. The fourth-order valence-electron chi connectivity index (χ4n) is 2.86. The van der Waals surface area contributed by atoms with E-state index in [1.807, 2.05) is 12.1 Å². The zero-order chi connectivity index (χ0) is 17.8. The molecule has 0 saturated heterocycles. The van der Waals surface area contributed by atoms with Gasteiger partial charge in [-0.1, -0.05) is 60.1 Å². The minimum Gasteiger partial charge on any atom is -0.461 e. The number of carbonyl (C=O) groups excluding carboxylic acids is 2. The molecule has 2 aromatic carbocycles. The first-order valence-electron chi connectivity index (χ1n) is 7.97. The molecule has 0 amide bonds. The van der Waals surface area contributed by atoms with Gasteiger partial charge in [-0.15, -0.1) is 0 Å². The smallest absolute Gasteiger partial charge is 0.355 e. The van der Waals surface area contributed by atoms with Gasteiger partial charge in [0.1, 0.15) is 6.04 Å². The lowest BCUT2D eigenvalue weighted by molar-refractivity contribution is -0.135. The van der Waals surface area contributed by atoms with Crippen LogP contribution >= 0.6 is 11.6 Å². The van der Waals surface area contributed by atoms with Gasteiger partial charge in [0, 0.05) is 10.6 Å². The van der Waals surface area contributed by atoms with Crippen LogP contribution in [0.4, 0.5) is 0 Å². The number of hydrogen-bond donors (Lipinski definition) is 1. The highest BCUT2D eigenvalue weighted by Gasteiger charge is 2.42. The maximum absolute atomic E-state index is 12.9. The standard InChI is InChI=1S/C19H17ClN2O3/c1-2-25-19(24)17-15(13-10-6-7-11-14(13)20)16(21-22-17)18(23)12-8-4-3-5-9-12/h3-11,15-16,21H,2H2,1H3. The third-order valence-electron chi connectivity index (χ3n) is 4.02. The Morgan fingerprint density at radius 2 is 1.80 bits per heavy atom. The van der Waals surface area contributed by atoms with E-state index in [4.69, 9.17) is 16.3 Å². The summed E-state index contributed by atoms with van der Waals surface area (Å²) >= 11 is 6.32. The largest absolute Gasteiger partial charge is 0.461 e. The Bertz CT molecular complexity index is 820. The Hall–Kier alpha value is -2.66. The summed E-state index contributed by atoms with van der Waals surface area (Å²) in [7, 11) is 0. The molecule has 6 heteroatoms. The lowest BCUT2D eigenvalue weighted by Gasteiger charge is -2.20. The van der Waals surface area contributed by atoms with Gasteiger partial charge in [0.25, 0.3) is 0 Å². The number of carbonyl (C=O) groups is 2. The van der Waals surface area contributed by atoms with E-state index < -0.39 is 17.9 Å². The van der Waals surface area contributed by atoms with E-state index in [1.54, 1.807) is 49.4 Å². The van der Waals surface area contributed by atoms with Crippen molar-refractivity contribution in [1.29, 1.82) is 0 Å². The third kappa shape index (κ3) is 3.42. The number of hydrazone groups is 1. The second kappa shape index (κ2) is 7.49. The number of Topliss-reactive ketones (excluding diaryl/α,β-unsaturated/α-hetero) is 1. The third-order valence-corrected chi connectivity index (χ3v) is 4.36. The first-order valence-corrected chi connectivity index (χ1v) is 8.35. The summed E-state index contributed by atoms with van der Waals surface area (Å²) < 4.78 is 5.09. The minimum absolute atomic E-state index is 0.157. The van der Waals surface area contributed by atoms with E-state index in [0.717, 1.165) is 0 Å². The number of halogens is 1. The summed E-state index contributed by atoms with van der Waals surface area (Å²) in [5.74, 6) is -1.32. The molecule has 2 atom stereocenters. The number of nitrogens with zero attached hydrogens (tertiary/aromatic N) is 1. The molecule has 0 aromatic heterocycles. The SMILES string of the molecule is CCOC(=O)C1=NNC(C(=O)c2ccccc2)C1c1ccccc1Cl. The van der Waals surface area contributed by atoms with Gasteiger partial charge in [-0.05, 0) is 18.6 Å². The molecule has 3 rings (SSSR count). The van der Waals surface area contributed by atoms with Crippen LogP contribution in [-0.2, 0) is 9.53 Å². The quantitative estimate of drug-likeness (QED) is 0.660. The zero-order valence-corrected chi connectivity index (χ0v) is 14.4. The van der Waals surface area contributed by atoms with Crippen molar-refractivity contribution in [2.24, 2.45) is 5.10 Å². The van der Waals surface area contributed by atoms with Crippen LogP contribution in [-0.4, -0.2) is 30.1 Å². The molecule has 0 spiro atoms. The van der Waals surface area contributed by atoms with E-state index in [0.29, 0.717) is 16.1 Å². The Balaban J connectivity index is 2.00. The van der Waals surface area contributed by atoms with Crippen molar-refractivity contribution in [3.05, 3.63) is 70.7 Å². The van der Waals surface area contributed by atoms with E-state index in [1.165, 1.54) is 0 Å². The van der Waals surface area contributed by atoms with E-state index >= 15 is 0 Å². The minimum atomic E-state index is -0.721. The molecule has 0 saturated carbocycles. The fourth-order valence-corrected chi connectivity index (χ4v) is 3.12. The molecule has 1 aliphatic heterocycles. The van der Waals surface area contributed by atoms with Crippen molar-refractivity contribution in [1.82, 2.24) is 5.43 Å². The molecule has 0 aliphatic carbocycles. The lowest BCUT2D eigenvalue weighted by atomic mass is 9.84. The van der Waals surface area contributed by atoms with Gasteiger partial charge in [-0.3, -0.25) is 10.2 Å². The maximum atomic E-state index is 12.9. The summed E-state index contributed by atoms with van der Waals surface area (Å²) in [5.41, 5.74) is 4.16. The van der Waals surface area contributed by atoms with Gasteiger partial charge in [-0.2, -0.15) is 5.10 Å². The number of ketones is 1. The van der Waals surface area contributed by atoms with Crippen molar-refractivity contribution < 1.29 is 14.3 Å². The van der Waals surface area contributed by atoms with Crippen molar-refractivity contribution in [2.45, 2.75) is 18.9 Å². The van der Waals surface area contributed by atoms with Crippen molar-refractivity contribution in [2.75, 3.05) is 6.61 Å². The summed E-state index contributed by atoms with van der Waals surface area (Å²) in [6, 6.07) is 15.3. The molecule has 5 nitrogen and oxygen atoms in total. The number of rotatable bonds is 5. The van der Waals surface area contributed by atoms with Crippen LogP contribution in [0.3, 0.4) is 0 Å². The van der Waals surface area contributed by atoms with Gasteiger partial charge in [-0.25, -0.2) is 4.79 Å². The number of benzene rings is 2. The zero-order valence-electron chi connectivity index (χ0n) is 13.6. The van der Waals surface area contributed by atoms with Crippen LogP contribution < -0.4 is 5.43 Å². The highest BCUT2D eigenvalue weighted by Crippen LogP contribution is 2.33. The molecule has 128 valence electrons. The molecule has 2 unspecified atom stereocenters. The molecule has 1 aliphatic rings. The topological polar surface area (TPSA) is 67.8 Å². The van der Waals surface area contributed by atoms with Crippen LogP contribution in [0.1, 0.15) is 28.8 Å².